The Hall–Kier alpha value is -0.440. The number of hydrogen-bond donors (Lipinski definition) is 1. The first kappa shape index (κ1) is 11.1. The van der Waals surface area contributed by atoms with Gasteiger partial charge >= 0.3 is 0 Å². The van der Waals surface area contributed by atoms with Crippen molar-refractivity contribution in [2.75, 3.05) is 6.26 Å². The molecular weight excluding hydrogens is 206 g/mol. The normalized spacial score (nSPS) is 31.5. The van der Waals surface area contributed by atoms with Gasteiger partial charge in [0.25, 0.3) is 0 Å². The second kappa shape index (κ2) is 5.06. The van der Waals surface area contributed by atoms with E-state index in [1.807, 2.05) is 11.8 Å². The number of thioether (sulfide) groups is 1. The van der Waals surface area contributed by atoms with E-state index in [0.717, 1.165) is 11.7 Å². The molecule has 1 N–H and O–H groups in total. The molecule has 1 fully saturated rings. The van der Waals surface area contributed by atoms with Gasteiger partial charge in [-0.2, -0.15) is 11.8 Å². The molecule has 0 spiro atoms. The molecule has 3 heteroatoms. The number of carbonyl (C=O) groups excluding carboxylic acids is 1. The van der Waals surface area contributed by atoms with Crippen LogP contribution in [0.2, 0.25) is 0 Å². The lowest BCUT2D eigenvalue weighted by Gasteiger charge is -2.32. The third-order valence-corrected chi connectivity index (χ3v) is 4.52. The highest BCUT2D eigenvalue weighted by Crippen LogP contribution is 2.28. The van der Waals surface area contributed by atoms with E-state index in [-0.39, 0.29) is 5.78 Å². The van der Waals surface area contributed by atoms with Crippen molar-refractivity contribution >= 4 is 17.5 Å². The standard InChI is InChI=1S/C12H19NOS/c1-15-12-5-3-2-4-11(12)13-9-6-7-10(14)8-9/h8,11-13H,2-7H2,1H3. The number of carbonyl (C=O) groups is 1. The Morgan fingerprint density at radius 2 is 2.13 bits per heavy atom. The van der Waals surface area contributed by atoms with Gasteiger partial charge in [-0.1, -0.05) is 12.8 Å². The summed E-state index contributed by atoms with van der Waals surface area (Å²) in [5.74, 6) is 0.286. The van der Waals surface area contributed by atoms with Crippen LogP contribution in [-0.4, -0.2) is 23.3 Å². The van der Waals surface area contributed by atoms with Gasteiger partial charge in [-0.3, -0.25) is 4.79 Å². The monoisotopic (exact) mass is 225 g/mol. The summed E-state index contributed by atoms with van der Waals surface area (Å²) in [6, 6.07) is 0.589. The lowest BCUT2D eigenvalue weighted by atomic mass is 9.94. The molecule has 0 amide bonds. The molecule has 2 unspecified atom stereocenters. The number of hydrogen-bond acceptors (Lipinski definition) is 3. The van der Waals surface area contributed by atoms with Gasteiger partial charge in [0.2, 0.25) is 0 Å². The highest BCUT2D eigenvalue weighted by molar-refractivity contribution is 7.99. The molecule has 0 bridgehead atoms. The fourth-order valence-electron chi connectivity index (χ4n) is 2.49. The fraction of sp³-hybridized carbons (Fsp3) is 0.750. The lowest BCUT2D eigenvalue weighted by molar-refractivity contribution is -0.114. The first-order valence-electron chi connectivity index (χ1n) is 5.82. The van der Waals surface area contributed by atoms with Gasteiger partial charge < -0.3 is 5.32 Å². The first-order valence-corrected chi connectivity index (χ1v) is 7.11. The first-order chi connectivity index (χ1) is 7.29. The summed E-state index contributed by atoms with van der Waals surface area (Å²) in [7, 11) is 0. The van der Waals surface area contributed by atoms with E-state index >= 15 is 0 Å². The topological polar surface area (TPSA) is 29.1 Å². The minimum atomic E-state index is 0.286. The van der Waals surface area contributed by atoms with Crippen LogP contribution in [0.25, 0.3) is 0 Å². The van der Waals surface area contributed by atoms with Crippen LogP contribution in [-0.2, 0) is 4.79 Å². The van der Waals surface area contributed by atoms with Gasteiger partial charge in [0, 0.05) is 29.5 Å². The summed E-state index contributed by atoms with van der Waals surface area (Å²) in [6.45, 7) is 0. The van der Waals surface area contributed by atoms with Crippen LogP contribution in [0.1, 0.15) is 38.5 Å². The molecule has 1 saturated carbocycles. The van der Waals surface area contributed by atoms with Crippen LogP contribution in [0.4, 0.5) is 0 Å². The summed E-state index contributed by atoms with van der Waals surface area (Å²) in [4.78, 5) is 11.1. The smallest absolute Gasteiger partial charge is 0.157 e. The quantitative estimate of drug-likeness (QED) is 0.800. The van der Waals surface area contributed by atoms with E-state index < -0.39 is 0 Å². The Morgan fingerprint density at radius 3 is 2.80 bits per heavy atom. The van der Waals surface area contributed by atoms with Crippen LogP contribution in [0.3, 0.4) is 0 Å². The number of ketones is 1. The third kappa shape index (κ3) is 2.77. The fourth-order valence-corrected chi connectivity index (χ4v) is 3.43. The molecule has 2 rings (SSSR count). The highest BCUT2D eigenvalue weighted by Gasteiger charge is 2.25. The predicted octanol–water partition coefficient (Wildman–Crippen LogP) is 2.50. The maximum Gasteiger partial charge on any atom is 0.157 e. The van der Waals surface area contributed by atoms with Crippen molar-refractivity contribution < 1.29 is 4.79 Å². The molecule has 0 aromatic carbocycles. The van der Waals surface area contributed by atoms with Crippen LogP contribution in [0, 0.1) is 0 Å². The molecule has 0 saturated heterocycles. The van der Waals surface area contributed by atoms with Crippen molar-refractivity contribution in [3.05, 3.63) is 11.8 Å². The Balaban J connectivity index is 1.91. The van der Waals surface area contributed by atoms with Crippen LogP contribution in [0.5, 0.6) is 0 Å². The maximum absolute atomic E-state index is 11.1. The van der Waals surface area contributed by atoms with Crippen molar-refractivity contribution in [2.45, 2.75) is 49.8 Å². The van der Waals surface area contributed by atoms with Crippen molar-refractivity contribution in [3.8, 4) is 0 Å². The van der Waals surface area contributed by atoms with E-state index in [1.165, 1.54) is 31.4 Å². The third-order valence-electron chi connectivity index (χ3n) is 3.35. The number of rotatable bonds is 3. The second-order valence-electron chi connectivity index (χ2n) is 4.45. The zero-order valence-electron chi connectivity index (χ0n) is 9.29. The van der Waals surface area contributed by atoms with Gasteiger partial charge in [-0.25, -0.2) is 0 Å². The van der Waals surface area contributed by atoms with E-state index in [4.69, 9.17) is 0 Å². The molecular formula is C12H19NOS. The second-order valence-corrected chi connectivity index (χ2v) is 5.52. The average Bonchev–Trinajstić information content (AvgIpc) is 2.65. The molecule has 15 heavy (non-hydrogen) atoms. The van der Waals surface area contributed by atoms with Gasteiger partial charge in [-0.05, 0) is 25.5 Å². The highest BCUT2D eigenvalue weighted by atomic mass is 32.2. The average molecular weight is 225 g/mol. The molecule has 84 valence electrons. The number of allylic oxidation sites excluding steroid dienone is 2. The van der Waals surface area contributed by atoms with Gasteiger partial charge in [0.05, 0.1) is 0 Å². The molecule has 0 aromatic rings. The molecule has 2 aliphatic carbocycles. The molecule has 0 aromatic heterocycles. The van der Waals surface area contributed by atoms with Crippen LogP contribution >= 0.6 is 11.8 Å². The van der Waals surface area contributed by atoms with Crippen molar-refractivity contribution in [2.24, 2.45) is 0 Å². The molecule has 2 aliphatic rings. The van der Waals surface area contributed by atoms with E-state index in [9.17, 15) is 4.79 Å². The molecule has 0 radical (unpaired) electrons. The summed E-state index contributed by atoms with van der Waals surface area (Å²) in [6.07, 6.45) is 10.9. The van der Waals surface area contributed by atoms with Crippen molar-refractivity contribution in [1.29, 1.82) is 0 Å². The largest absolute Gasteiger partial charge is 0.384 e. The Labute approximate surface area is 95.9 Å². The zero-order chi connectivity index (χ0) is 10.7. The summed E-state index contributed by atoms with van der Waals surface area (Å²) < 4.78 is 0. The van der Waals surface area contributed by atoms with Gasteiger partial charge in [0.15, 0.2) is 5.78 Å². The van der Waals surface area contributed by atoms with Crippen LogP contribution in [0.15, 0.2) is 11.8 Å². The van der Waals surface area contributed by atoms with E-state index in [2.05, 4.69) is 11.6 Å². The lowest BCUT2D eigenvalue weighted by Crippen LogP contribution is -2.39. The number of nitrogens with one attached hydrogen (secondary N) is 1. The zero-order valence-corrected chi connectivity index (χ0v) is 10.1. The molecule has 2 nitrogen and oxygen atoms in total. The molecule has 2 atom stereocenters. The van der Waals surface area contributed by atoms with E-state index in [1.54, 1.807) is 6.08 Å². The SMILES string of the molecule is CSC1CCCCC1NC1=CC(=O)CC1. The Bertz CT molecular complexity index is 275. The maximum atomic E-state index is 11.1. The van der Waals surface area contributed by atoms with Crippen LogP contribution < -0.4 is 5.32 Å². The summed E-state index contributed by atoms with van der Waals surface area (Å²) >= 11 is 1.96. The van der Waals surface area contributed by atoms with Gasteiger partial charge in [-0.15, -0.1) is 0 Å². The minimum Gasteiger partial charge on any atom is -0.384 e. The van der Waals surface area contributed by atoms with Crippen molar-refractivity contribution in [1.82, 2.24) is 5.32 Å². The summed E-state index contributed by atoms with van der Waals surface area (Å²) in [5, 5.41) is 4.30. The Kier molecular flexibility index (Phi) is 3.73. The molecule has 0 aliphatic heterocycles. The van der Waals surface area contributed by atoms with Crippen molar-refractivity contribution in [3.63, 3.8) is 0 Å². The summed E-state index contributed by atoms with van der Waals surface area (Å²) in [5.41, 5.74) is 1.17. The minimum absolute atomic E-state index is 0.286. The van der Waals surface area contributed by atoms with Gasteiger partial charge in [0.1, 0.15) is 0 Å². The van der Waals surface area contributed by atoms with E-state index in [0.29, 0.717) is 12.5 Å². The molecule has 0 heterocycles. The Morgan fingerprint density at radius 1 is 1.33 bits per heavy atom. The predicted molar refractivity (Wildman–Crippen MR) is 65.0 cm³/mol.